The smallest absolute Gasteiger partial charge is 0.156 e. The van der Waals surface area contributed by atoms with Gasteiger partial charge in [-0.25, -0.2) is 0 Å². The zero-order chi connectivity index (χ0) is 13.3. The molecule has 0 radical (unpaired) electrons. The molecule has 0 amide bonds. The van der Waals surface area contributed by atoms with Gasteiger partial charge in [0.05, 0.1) is 5.69 Å². The lowest BCUT2D eigenvalue weighted by Crippen LogP contribution is -2.46. The predicted octanol–water partition coefficient (Wildman–Crippen LogP) is 1.88. The zero-order valence-electron chi connectivity index (χ0n) is 11.6. The normalized spacial score (nSPS) is 24.4. The molecule has 1 aliphatic heterocycles. The van der Waals surface area contributed by atoms with E-state index in [1.54, 1.807) is 0 Å². The van der Waals surface area contributed by atoms with Crippen LogP contribution in [0.5, 0.6) is 0 Å². The van der Waals surface area contributed by atoms with E-state index in [0.29, 0.717) is 17.8 Å². The molecular formula is C13H22N4S. The topological polar surface area (TPSA) is 55.0 Å². The number of anilines is 1. The molecule has 1 aromatic heterocycles. The summed E-state index contributed by atoms with van der Waals surface area (Å²) >= 11 is 2.02. The van der Waals surface area contributed by atoms with Crippen LogP contribution in [-0.2, 0) is 6.54 Å². The number of nitrogens with two attached hydrogens (primary N) is 1. The Balaban J connectivity index is 2.41. The number of aryl methyl sites for hydroxylation is 1. The molecule has 2 unspecified atom stereocenters. The third-order valence-corrected chi connectivity index (χ3v) is 5.26. The Labute approximate surface area is 113 Å². The van der Waals surface area contributed by atoms with Crippen LogP contribution in [0.4, 0.5) is 5.82 Å². The van der Waals surface area contributed by atoms with Crippen molar-refractivity contribution >= 4 is 17.6 Å². The fraction of sp³-hybridized carbons (Fsp3) is 0.692. The molecule has 1 saturated heterocycles. The van der Waals surface area contributed by atoms with Crippen LogP contribution >= 0.6 is 11.8 Å². The molecule has 1 aliphatic rings. The minimum absolute atomic E-state index is 0.477. The van der Waals surface area contributed by atoms with Gasteiger partial charge in [0.25, 0.3) is 0 Å². The molecule has 0 bridgehead atoms. The van der Waals surface area contributed by atoms with Gasteiger partial charge in [-0.15, -0.1) is 5.10 Å². The molecule has 4 nitrogen and oxygen atoms in total. The highest BCUT2D eigenvalue weighted by Crippen LogP contribution is 2.30. The first-order chi connectivity index (χ1) is 8.56. The van der Waals surface area contributed by atoms with E-state index >= 15 is 0 Å². The number of rotatable bonds is 2. The summed E-state index contributed by atoms with van der Waals surface area (Å²) in [6, 6.07) is 0.477. The average molecular weight is 266 g/mol. The minimum Gasteiger partial charge on any atom is -0.350 e. The molecule has 2 atom stereocenters. The van der Waals surface area contributed by atoms with Gasteiger partial charge in [-0.05, 0) is 26.3 Å². The van der Waals surface area contributed by atoms with Crippen molar-refractivity contribution in [3.63, 3.8) is 0 Å². The van der Waals surface area contributed by atoms with E-state index in [4.69, 9.17) is 5.73 Å². The van der Waals surface area contributed by atoms with Crippen molar-refractivity contribution in [3.05, 3.63) is 16.8 Å². The minimum atomic E-state index is 0.477. The number of hydrogen-bond donors (Lipinski definition) is 1. The van der Waals surface area contributed by atoms with Gasteiger partial charge in [0.15, 0.2) is 5.82 Å². The van der Waals surface area contributed by atoms with E-state index in [0.717, 1.165) is 29.4 Å². The summed E-state index contributed by atoms with van der Waals surface area (Å²) in [5, 5.41) is 9.29. The molecule has 18 heavy (non-hydrogen) atoms. The molecule has 5 heteroatoms. The summed E-state index contributed by atoms with van der Waals surface area (Å²) in [5.41, 5.74) is 9.21. The van der Waals surface area contributed by atoms with E-state index in [-0.39, 0.29) is 0 Å². The van der Waals surface area contributed by atoms with Crippen LogP contribution < -0.4 is 10.6 Å². The molecule has 1 aromatic rings. The second-order valence-corrected chi connectivity index (χ2v) is 6.41. The van der Waals surface area contributed by atoms with Gasteiger partial charge in [0.1, 0.15) is 0 Å². The fourth-order valence-corrected chi connectivity index (χ4v) is 3.45. The maximum Gasteiger partial charge on any atom is 0.156 e. The largest absolute Gasteiger partial charge is 0.350 e. The summed E-state index contributed by atoms with van der Waals surface area (Å²) in [4.78, 5) is 2.36. The SMILES string of the molecule is Cc1nnc(N2CCSC(C)C2C)c(CN)c1C. The van der Waals surface area contributed by atoms with Crippen LogP contribution in [0.2, 0.25) is 0 Å². The van der Waals surface area contributed by atoms with Gasteiger partial charge < -0.3 is 10.6 Å². The number of nitrogens with zero attached hydrogens (tertiary/aromatic N) is 3. The van der Waals surface area contributed by atoms with Gasteiger partial charge in [-0.1, -0.05) is 6.92 Å². The van der Waals surface area contributed by atoms with E-state index in [1.807, 2.05) is 18.7 Å². The second-order valence-electron chi connectivity index (χ2n) is 4.93. The quantitative estimate of drug-likeness (QED) is 0.886. The van der Waals surface area contributed by atoms with Gasteiger partial charge in [0.2, 0.25) is 0 Å². The van der Waals surface area contributed by atoms with Crippen molar-refractivity contribution in [2.75, 3.05) is 17.2 Å². The Kier molecular flexibility index (Phi) is 4.12. The van der Waals surface area contributed by atoms with Crippen LogP contribution in [0.1, 0.15) is 30.7 Å². The maximum absolute atomic E-state index is 5.91. The van der Waals surface area contributed by atoms with Crippen LogP contribution in [0.3, 0.4) is 0 Å². The lowest BCUT2D eigenvalue weighted by Gasteiger charge is -2.39. The van der Waals surface area contributed by atoms with Crippen molar-refractivity contribution in [1.29, 1.82) is 0 Å². The van der Waals surface area contributed by atoms with E-state index in [2.05, 4.69) is 35.9 Å². The van der Waals surface area contributed by atoms with Gasteiger partial charge in [-0.2, -0.15) is 16.9 Å². The zero-order valence-corrected chi connectivity index (χ0v) is 12.4. The monoisotopic (exact) mass is 266 g/mol. The van der Waals surface area contributed by atoms with E-state index < -0.39 is 0 Å². The third-order valence-electron chi connectivity index (χ3n) is 3.92. The average Bonchev–Trinajstić information content (AvgIpc) is 2.36. The van der Waals surface area contributed by atoms with Crippen molar-refractivity contribution in [2.45, 2.75) is 45.5 Å². The number of thioether (sulfide) groups is 1. The number of hydrogen-bond acceptors (Lipinski definition) is 5. The standard InChI is InChI=1S/C13H22N4S/c1-8-9(2)15-16-13(12(8)7-14)17-5-6-18-11(4)10(17)3/h10-11H,5-7,14H2,1-4H3. The molecule has 0 spiro atoms. The summed E-state index contributed by atoms with van der Waals surface area (Å²) in [6.07, 6.45) is 0. The van der Waals surface area contributed by atoms with Gasteiger partial charge in [0, 0.05) is 35.7 Å². The number of aromatic nitrogens is 2. The summed E-state index contributed by atoms with van der Waals surface area (Å²) < 4.78 is 0. The Bertz CT molecular complexity index is 435. The fourth-order valence-electron chi connectivity index (χ4n) is 2.35. The Hall–Kier alpha value is -0.810. The molecule has 0 saturated carbocycles. The van der Waals surface area contributed by atoms with Crippen LogP contribution in [0.15, 0.2) is 0 Å². The van der Waals surface area contributed by atoms with Gasteiger partial charge in [-0.3, -0.25) is 0 Å². The summed E-state index contributed by atoms with van der Waals surface area (Å²) in [7, 11) is 0. The molecule has 2 rings (SSSR count). The summed E-state index contributed by atoms with van der Waals surface area (Å²) in [5.74, 6) is 2.13. The lowest BCUT2D eigenvalue weighted by atomic mass is 10.1. The third kappa shape index (κ3) is 2.34. The molecule has 0 aliphatic carbocycles. The molecule has 2 N–H and O–H groups in total. The van der Waals surface area contributed by atoms with Gasteiger partial charge >= 0.3 is 0 Å². The lowest BCUT2D eigenvalue weighted by molar-refractivity contribution is 0.611. The highest BCUT2D eigenvalue weighted by Gasteiger charge is 2.28. The first-order valence-electron chi connectivity index (χ1n) is 6.47. The molecule has 0 aromatic carbocycles. The first kappa shape index (κ1) is 13.6. The Morgan fingerprint density at radius 3 is 2.72 bits per heavy atom. The van der Waals surface area contributed by atoms with Crippen molar-refractivity contribution in [1.82, 2.24) is 10.2 Å². The first-order valence-corrected chi connectivity index (χ1v) is 7.52. The molecule has 100 valence electrons. The molecule has 2 heterocycles. The van der Waals surface area contributed by atoms with Crippen molar-refractivity contribution in [2.24, 2.45) is 5.73 Å². The maximum atomic E-state index is 5.91. The van der Waals surface area contributed by atoms with Crippen molar-refractivity contribution < 1.29 is 0 Å². The Morgan fingerprint density at radius 1 is 1.33 bits per heavy atom. The predicted molar refractivity (Wildman–Crippen MR) is 78.1 cm³/mol. The molecule has 1 fully saturated rings. The highest BCUT2D eigenvalue weighted by atomic mass is 32.2. The van der Waals surface area contributed by atoms with Crippen LogP contribution in [0.25, 0.3) is 0 Å². The highest BCUT2D eigenvalue weighted by molar-refractivity contribution is 8.00. The Morgan fingerprint density at radius 2 is 2.06 bits per heavy atom. The second kappa shape index (κ2) is 5.45. The van der Waals surface area contributed by atoms with Crippen LogP contribution in [-0.4, -0.2) is 33.8 Å². The summed E-state index contributed by atoms with van der Waals surface area (Å²) in [6.45, 7) is 10.2. The van der Waals surface area contributed by atoms with Crippen molar-refractivity contribution in [3.8, 4) is 0 Å². The van der Waals surface area contributed by atoms with E-state index in [9.17, 15) is 0 Å². The molecular weight excluding hydrogens is 244 g/mol. The van der Waals surface area contributed by atoms with E-state index in [1.165, 1.54) is 5.56 Å². The van der Waals surface area contributed by atoms with Crippen LogP contribution in [0, 0.1) is 13.8 Å².